The van der Waals surface area contributed by atoms with E-state index in [0.29, 0.717) is 0 Å². The van der Waals surface area contributed by atoms with Crippen LogP contribution in [0.15, 0.2) is 0 Å². The van der Waals surface area contributed by atoms with Gasteiger partial charge >= 0.3 is 12.1 Å². The quantitative estimate of drug-likeness (QED) is 0.654. The topological polar surface area (TPSA) is 101 Å². The van der Waals surface area contributed by atoms with Gasteiger partial charge in [0.15, 0.2) is 0 Å². The lowest BCUT2D eigenvalue weighted by Gasteiger charge is -2.24. The van der Waals surface area contributed by atoms with Crippen LogP contribution in [0.3, 0.4) is 0 Å². The molecule has 1 amide bonds. The zero-order chi connectivity index (χ0) is 16.8. The third-order valence-electron chi connectivity index (χ3n) is 2.37. The van der Waals surface area contributed by atoms with Gasteiger partial charge in [0.2, 0.25) is 0 Å². The fraction of sp³-hybridized carbons (Fsp3) is 0.818. The van der Waals surface area contributed by atoms with Crippen molar-refractivity contribution < 1.29 is 32.4 Å². The van der Waals surface area contributed by atoms with Crippen LogP contribution in [-0.2, 0) is 21.0 Å². The molecule has 2 atom stereocenters. The third kappa shape index (κ3) is 8.12. The Kier molecular flexibility index (Phi) is 7.48. The summed E-state index contributed by atoms with van der Waals surface area (Å²) in [5, 5.41) is 10.2. The lowest BCUT2D eigenvalue weighted by Crippen LogP contribution is -2.48. The normalized spacial score (nSPS) is 20.2. The van der Waals surface area contributed by atoms with E-state index in [9.17, 15) is 22.5 Å². The molecule has 1 rings (SSSR count). The molecule has 1 aliphatic rings. The van der Waals surface area contributed by atoms with Crippen LogP contribution in [0.4, 0.5) is 13.2 Å². The molecule has 1 aliphatic heterocycles. The number of rotatable bonds is 2. The highest BCUT2D eigenvalue weighted by molar-refractivity contribution is 7.91. The van der Waals surface area contributed by atoms with Gasteiger partial charge in [0.1, 0.15) is 4.75 Å². The fourth-order valence-electron chi connectivity index (χ4n) is 1.22. The Morgan fingerprint density at radius 2 is 1.81 bits per heavy atom. The maximum atomic E-state index is 11.6. The van der Waals surface area contributed by atoms with Gasteiger partial charge in [-0.1, -0.05) is 0 Å². The molecule has 0 aromatic rings. The summed E-state index contributed by atoms with van der Waals surface area (Å²) in [6.45, 7) is 6.39. The van der Waals surface area contributed by atoms with Crippen LogP contribution in [0.2, 0.25) is 0 Å². The second-order valence-corrected chi connectivity index (χ2v) is 7.27. The van der Waals surface area contributed by atoms with Gasteiger partial charge in [-0.2, -0.15) is 17.9 Å². The van der Waals surface area contributed by atoms with Crippen molar-refractivity contribution in [3.63, 3.8) is 0 Å². The second-order valence-electron chi connectivity index (χ2n) is 5.30. The maximum Gasteiger partial charge on any atom is 0.490 e. The average molecular weight is 332 g/mol. The maximum absolute atomic E-state index is 11.6. The van der Waals surface area contributed by atoms with Gasteiger partial charge in [-0.05, 0) is 40.2 Å². The summed E-state index contributed by atoms with van der Waals surface area (Å²) in [4.78, 5) is 20.4. The molecule has 1 fully saturated rings. The van der Waals surface area contributed by atoms with Crippen molar-refractivity contribution in [3.8, 4) is 0 Å². The van der Waals surface area contributed by atoms with Crippen molar-refractivity contribution in [1.82, 2.24) is 10.0 Å². The number of carboxylic acids is 1. The van der Waals surface area contributed by atoms with Gasteiger partial charge in [-0.25, -0.2) is 4.79 Å². The molecule has 0 spiro atoms. The van der Waals surface area contributed by atoms with Crippen molar-refractivity contribution >= 4 is 23.2 Å². The average Bonchev–Trinajstić information content (AvgIpc) is 2.80. The first-order valence-corrected chi connectivity index (χ1v) is 7.26. The number of carboxylic acid groups (broad SMARTS) is 1. The summed E-state index contributed by atoms with van der Waals surface area (Å²) in [5.74, 6) is -2.90. The lowest BCUT2D eigenvalue weighted by molar-refractivity contribution is -0.192. The number of amides is 1. The number of alkyl halides is 3. The molecule has 21 heavy (non-hydrogen) atoms. The zero-order valence-electron chi connectivity index (χ0n) is 11.9. The molecular formula is C11H19F3N2O4S. The third-order valence-corrected chi connectivity index (χ3v) is 3.87. The first-order chi connectivity index (χ1) is 9.35. The van der Waals surface area contributed by atoms with E-state index in [1.807, 2.05) is 20.8 Å². The van der Waals surface area contributed by atoms with Crippen molar-refractivity contribution in [2.24, 2.45) is 0 Å². The molecule has 0 aromatic heterocycles. The zero-order valence-corrected chi connectivity index (χ0v) is 12.7. The van der Waals surface area contributed by atoms with Crippen LogP contribution in [0.25, 0.3) is 0 Å². The van der Waals surface area contributed by atoms with Crippen molar-refractivity contribution in [2.75, 3.05) is 6.54 Å². The molecule has 0 radical (unpaired) electrons. The number of carbonyl (C=O) groups is 2. The van der Waals surface area contributed by atoms with Crippen molar-refractivity contribution in [1.29, 1.82) is 0 Å². The molecule has 1 saturated heterocycles. The van der Waals surface area contributed by atoms with Crippen LogP contribution >= 0.6 is 0 Å². The van der Waals surface area contributed by atoms with Crippen LogP contribution in [0.5, 0.6) is 0 Å². The van der Waals surface area contributed by atoms with E-state index in [1.54, 1.807) is 0 Å². The first-order valence-electron chi connectivity index (χ1n) is 6.11. The van der Waals surface area contributed by atoms with E-state index in [4.69, 9.17) is 9.90 Å². The smallest absolute Gasteiger partial charge is 0.490 e. The molecule has 0 aliphatic carbocycles. The largest absolute Gasteiger partial charge is 0.593 e. The minimum atomic E-state index is -5.08. The van der Waals surface area contributed by atoms with E-state index in [1.165, 1.54) is 0 Å². The summed E-state index contributed by atoms with van der Waals surface area (Å²) in [5.41, 5.74) is 0. The molecule has 1 unspecified atom stereocenters. The van der Waals surface area contributed by atoms with E-state index in [2.05, 4.69) is 10.0 Å². The minimum absolute atomic E-state index is 0.143. The van der Waals surface area contributed by atoms with Gasteiger partial charge in [0.25, 0.3) is 5.91 Å². The Morgan fingerprint density at radius 3 is 2.10 bits per heavy atom. The Hall–Kier alpha value is -1.00. The number of nitrogens with one attached hydrogen (secondary N) is 2. The molecule has 10 heteroatoms. The van der Waals surface area contributed by atoms with Gasteiger partial charge < -0.3 is 15.0 Å². The van der Waals surface area contributed by atoms with Gasteiger partial charge in [-0.3, -0.25) is 4.79 Å². The van der Waals surface area contributed by atoms with Crippen LogP contribution in [-0.4, -0.2) is 45.0 Å². The highest BCUT2D eigenvalue weighted by atomic mass is 32.2. The molecule has 0 bridgehead atoms. The first kappa shape index (κ1) is 20.0. The lowest BCUT2D eigenvalue weighted by atomic mass is 10.2. The highest BCUT2D eigenvalue weighted by Gasteiger charge is 2.38. The Labute approximate surface area is 123 Å². The molecule has 3 N–H and O–H groups in total. The predicted octanol–water partition coefficient (Wildman–Crippen LogP) is 0.950. The van der Waals surface area contributed by atoms with E-state index < -0.39 is 28.3 Å². The van der Waals surface area contributed by atoms with Crippen molar-refractivity contribution in [2.45, 2.75) is 50.6 Å². The van der Waals surface area contributed by atoms with Gasteiger partial charge in [0, 0.05) is 0 Å². The summed E-state index contributed by atoms with van der Waals surface area (Å²) >= 11 is -1.30. The Bertz CT molecular complexity index is 365. The van der Waals surface area contributed by atoms with Gasteiger partial charge in [-0.15, -0.1) is 0 Å². The predicted molar refractivity (Wildman–Crippen MR) is 70.8 cm³/mol. The van der Waals surface area contributed by atoms with E-state index in [0.717, 1.165) is 19.4 Å². The molecule has 124 valence electrons. The summed E-state index contributed by atoms with van der Waals surface area (Å²) in [7, 11) is 0. The molecule has 6 nitrogen and oxygen atoms in total. The molecular weight excluding hydrogens is 313 g/mol. The minimum Gasteiger partial charge on any atom is -0.593 e. The summed E-state index contributed by atoms with van der Waals surface area (Å²) in [6, 6.07) is -0.152. The van der Waals surface area contributed by atoms with E-state index >= 15 is 0 Å². The molecule has 0 saturated carbocycles. The standard InChI is InChI=1S/C9H18N2O2S.C2HF3O2/c1-9(2,3)14(13)11-8(12)7-5-4-6-10-7;3-2(4,5)1(6)7/h7,10H,4-6H2,1-3H3,(H,11,12);(H,6,7)/t7-,14?;/m0./s1. The van der Waals surface area contributed by atoms with Crippen LogP contribution in [0, 0.1) is 0 Å². The number of aliphatic carboxylic acids is 1. The Balaban J connectivity index is 0.000000486. The number of carbonyl (C=O) groups excluding carboxylic acids is 1. The molecule has 1 heterocycles. The number of halogens is 3. The Morgan fingerprint density at radius 1 is 1.33 bits per heavy atom. The van der Waals surface area contributed by atoms with Crippen LogP contribution < -0.4 is 10.0 Å². The molecule has 0 aromatic carbocycles. The number of hydrogen-bond donors (Lipinski definition) is 3. The van der Waals surface area contributed by atoms with Gasteiger partial charge in [0.05, 0.1) is 17.4 Å². The van der Waals surface area contributed by atoms with Crippen LogP contribution in [0.1, 0.15) is 33.6 Å². The second kappa shape index (κ2) is 7.85. The summed E-state index contributed by atoms with van der Waals surface area (Å²) in [6.07, 6.45) is -3.23. The van der Waals surface area contributed by atoms with E-state index in [-0.39, 0.29) is 11.9 Å². The highest BCUT2D eigenvalue weighted by Crippen LogP contribution is 2.14. The summed E-state index contributed by atoms with van der Waals surface area (Å²) < 4.78 is 45.5. The monoisotopic (exact) mass is 332 g/mol. The SMILES string of the molecule is CC(C)(C)[S+]([O-])NC(=O)[C@@H]1CCCN1.O=C(O)C(F)(F)F. The number of hydrogen-bond acceptors (Lipinski definition) is 4. The fourth-order valence-corrected chi connectivity index (χ4v) is 1.86. The van der Waals surface area contributed by atoms with Crippen molar-refractivity contribution in [3.05, 3.63) is 0 Å².